The van der Waals surface area contributed by atoms with Gasteiger partial charge >= 0.3 is 0 Å². The molecule has 0 saturated carbocycles. The molecule has 1 N–H and O–H groups in total. The van der Waals surface area contributed by atoms with E-state index in [1.165, 1.54) is 23.5 Å². The summed E-state index contributed by atoms with van der Waals surface area (Å²) in [6, 6.07) is 6.54. The zero-order chi connectivity index (χ0) is 13.4. The van der Waals surface area contributed by atoms with Crippen molar-refractivity contribution < 1.29 is 9.50 Å². The van der Waals surface area contributed by atoms with Gasteiger partial charge in [-0.15, -0.1) is 22.7 Å². The highest BCUT2D eigenvalue weighted by atomic mass is 32.1. The molecule has 3 aromatic rings. The minimum absolute atomic E-state index is 0.248. The van der Waals surface area contributed by atoms with Crippen LogP contribution in [0.5, 0.6) is 0 Å². The second-order valence-corrected chi connectivity index (χ2v) is 6.49. The highest BCUT2D eigenvalue weighted by molar-refractivity contribution is 7.19. The lowest BCUT2D eigenvalue weighted by atomic mass is 10.2. The summed E-state index contributed by atoms with van der Waals surface area (Å²) in [4.78, 5) is 5.20. The number of aliphatic hydroxyl groups excluding tert-OH is 1. The third-order valence-electron chi connectivity index (χ3n) is 2.86. The van der Waals surface area contributed by atoms with Crippen molar-refractivity contribution >= 4 is 32.8 Å². The van der Waals surface area contributed by atoms with Crippen LogP contribution >= 0.6 is 22.7 Å². The maximum Gasteiger partial charge on any atom is 0.123 e. The molecule has 5 heteroatoms. The maximum absolute atomic E-state index is 13.1. The fraction of sp³-hybridized carbons (Fsp3) is 0.214. The average molecular weight is 293 g/mol. The summed E-state index contributed by atoms with van der Waals surface area (Å²) in [6.45, 7) is 1.94. The van der Waals surface area contributed by atoms with E-state index in [9.17, 15) is 9.50 Å². The first-order chi connectivity index (χ1) is 9.11. The van der Waals surface area contributed by atoms with E-state index in [4.69, 9.17) is 0 Å². The van der Waals surface area contributed by atoms with Gasteiger partial charge in [-0.05, 0) is 36.6 Å². The van der Waals surface area contributed by atoms with Crippen molar-refractivity contribution in [3.63, 3.8) is 0 Å². The van der Waals surface area contributed by atoms with Crippen molar-refractivity contribution in [3.05, 3.63) is 51.0 Å². The minimum Gasteiger partial charge on any atom is -0.387 e. The lowest BCUT2D eigenvalue weighted by Gasteiger charge is -2.04. The normalized spacial score (nSPS) is 13.0. The summed E-state index contributed by atoms with van der Waals surface area (Å²) in [6.07, 6.45) is -0.0700. The Morgan fingerprint density at radius 2 is 2.21 bits per heavy atom. The lowest BCUT2D eigenvalue weighted by Crippen LogP contribution is -1.98. The summed E-state index contributed by atoms with van der Waals surface area (Å²) in [5.74, 6) is -0.248. The van der Waals surface area contributed by atoms with Gasteiger partial charge in [0.2, 0.25) is 0 Å². The average Bonchev–Trinajstić information content (AvgIpc) is 2.95. The first-order valence-electron chi connectivity index (χ1n) is 5.90. The molecule has 0 radical (unpaired) electrons. The molecule has 1 unspecified atom stereocenters. The molecular weight excluding hydrogens is 281 g/mol. The molecule has 0 fully saturated rings. The fourth-order valence-electron chi connectivity index (χ4n) is 1.96. The topological polar surface area (TPSA) is 33.1 Å². The molecule has 1 aromatic carbocycles. The molecule has 98 valence electrons. The number of hydrogen-bond donors (Lipinski definition) is 1. The number of thiophene rings is 1. The zero-order valence-corrected chi connectivity index (χ0v) is 11.9. The Morgan fingerprint density at radius 3 is 2.95 bits per heavy atom. The molecule has 0 aliphatic heterocycles. The van der Waals surface area contributed by atoms with Crippen molar-refractivity contribution in [1.29, 1.82) is 0 Å². The molecule has 1 atom stereocenters. The van der Waals surface area contributed by atoms with E-state index >= 15 is 0 Å². The molecule has 19 heavy (non-hydrogen) atoms. The Balaban J connectivity index is 1.86. The van der Waals surface area contributed by atoms with Crippen molar-refractivity contribution in [3.8, 4) is 0 Å². The largest absolute Gasteiger partial charge is 0.387 e. The van der Waals surface area contributed by atoms with Gasteiger partial charge in [0.15, 0.2) is 0 Å². The summed E-state index contributed by atoms with van der Waals surface area (Å²) >= 11 is 3.06. The van der Waals surface area contributed by atoms with Gasteiger partial charge in [-0.1, -0.05) is 0 Å². The smallest absolute Gasteiger partial charge is 0.123 e. The Morgan fingerprint density at radius 1 is 1.37 bits per heavy atom. The molecule has 0 amide bonds. The number of hydrogen-bond acceptors (Lipinski definition) is 4. The first kappa shape index (κ1) is 12.7. The van der Waals surface area contributed by atoms with Gasteiger partial charge < -0.3 is 5.11 Å². The van der Waals surface area contributed by atoms with Crippen LogP contribution in [0.15, 0.2) is 29.6 Å². The molecular formula is C14H12FNOS2. The van der Waals surface area contributed by atoms with Crippen LogP contribution in [0.4, 0.5) is 4.39 Å². The predicted octanol–water partition coefficient (Wildman–Crippen LogP) is 4.08. The molecule has 2 heterocycles. The van der Waals surface area contributed by atoms with E-state index < -0.39 is 6.10 Å². The Bertz CT molecular complexity index is 719. The van der Waals surface area contributed by atoms with Crippen LogP contribution in [0.2, 0.25) is 0 Å². The summed E-state index contributed by atoms with van der Waals surface area (Å²) in [5.41, 5.74) is 0.977. The van der Waals surface area contributed by atoms with Crippen LogP contribution in [-0.2, 0) is 6.42 Å². The third-order valence-corrected chi connectivity index (χ3v) is 5.07. The van der Waals surface area contributed by atoms with Crippen molar-refractivity contribution in [1.82, 2.24) is 4.98 Å². The van der Waals surface area contributed by atoms with E-state index in [0.29, 0.717) is 6.42 Å². The van der Waals surface area contributed by atoms with E-state index in [1.54, 1.807) is 17.4 Å². The zero-order valence-electron chi connectivity index (χ0n) is 10.3. The standard InChI is InChI=1S/C14H12FNOS2/c1-8-7-18-14(16-8)6-11(17)13-5-9-4-10(15)2-3-12(9)19-13/h2-5,7,11,17H,6H2,1H3. The van der Waals surface area contributed by atoms with Crippen LogP contribution in [0.1, 0.15) is 21.7 Å². The molecule has 3 rings (SSSR count). The third kappa shape index (κ3) is 2.68. The summed E-state index contributed by atoms with van der Waals surface area (Å²) in [7, 11) is 0. The Labute approximate surface area is 118 Å². The molecule has 2 nitrogen and oxygen atoms in total. The summed E-state index contributed by atoms with van der Waals surface area (Å²) < 4.78 is 14.1. The second kappa shape index (κ2) is 5.00. The molecule has 0 aliphatic carbocycles. The molecule has 0 aliphatic rings. The number of benzene rings is 1. The molecule has 0 spiro atoms. The van der Waals surface area contributed by atoms with Crippen LogP contribution in [0.3, 0.4) is 0 Å². The van der Waals surface area contributed by atoms with Crippen LogP contribution in [-0.4, -0.2) is 10.1 Å². The SMILES string of the molecule is Cc1csc(CC(O)c2cc3cc(F)ccc3s2)n1. The lowest BCUT2D eigenvalue weighted by molar-refractivity contribution is 0.182. The molecule has 0 saturated heterocycles. The second-order valence-electron chi connectivity index (χ2n) is 4.43. The van der Waals surface area contributed by atoms with Crippen LogP contribution in [0.25, 0.3) is 10.1 Å². The Kier molecular flexibility index (Phi) is 3.35. The van der Waals surface area contributed by atoms with Gasteiger partial charge in [0.25, 0.3) is 0 Å². The minimum atomic E-state index is -0.578. The van der Waals surface area contributed by atoms with Gasteiger partial charge in [0, 0.05) is 27.1 Å². The first-order valence-corrected chi connectivity index (χ1v) is 7.59. The van der Waals surface area contributed by atoms with E-state index in [0.717, 1.165) is 25.7 Å². The van der Waals surface area contributed by atoms with Gasteiger partial charge in [0.05, 0.1) is 11.1 Å². The van der Waals surface area contributed by atoms with Crippen LogP contribution < -0.4 is 0 Å². The number of nitrogens with zero attached hydrogens (tertiary/aromatic N) is 1. The number of aliphatic hydroxyl groups is 1. The quantitative estimate of drug-likeness (QED) is 0.789. The van der Waals surface area contributed by atoms with Crippen molar-refractivity contribution in [2.75, 3.05) is 0 Å². The highest BCUT2D eigenvalue weighted by Gasteiger charge is 2.14. The number of aryl methyl sites for hydroxylation is 1. The number of rotatable bonds is 3. The van der Waals surface area contributed by atoms with Gasteiger partial charge in [-0.3, -0.25) is 0 Å². The van der Waals surface area contributed by atoms with Gasteiger partial charge in [0.1, 0.15) is 5.82 Å². The van der Waals surface area contributed by atoms with Crippen molar-refractivity contribution in [2.45, 2.75) is 19.4 Å². The van der Waals surface area contributed by atoms with Gasteiger partial charge in [-0.2, -0.15) is 0 Å². The predicted molar refractivity (Wildman–Crippen MR) is 77.3 cm³/mol. The van der Waals surface area contributed by atoms with E-state index in [1.807, 2.05) is 18.4 Å². The maximum atomic E-state index is 13.1. The van der Waals surface area contributed by atoms with Gasteiger partial charge in [-0.25, -0.2) is 9.37 Å². The van der Waals surface area contributed by atoms with Crippen molar-refractivity contribution in [2.24, 2.45) is 0 Å². The molecule has 0 bridgehead atoms. The van der Waals surface area contributed by atoms with E-state index in [2.05, 4.69) is 4.98 Å². The van der Waals surface area contributed by atoms with Crippen LogP contribution in [0, 0.1) is 12.7 Å². The number of thiazole rings is 1. The number of aromatic nitrogens is 1. The Hall–Kier alpha value is -1.30. The van der Waals surface area contributed by atoms with E-state index in [-0.39, 0.29) is 5.82 Å². The molecule has 2 aromatic heterocycles. The number of fused-ring (bicyclic) bond motifs is 1. The number of halogens is 1. The fourth-order valence-corrected chi connectivity index (χ4v) is 3.80. The highest BCUT2D eigenvalue weighted by Crippen LogP contribution is 2.32. The monoisotopic (exact) mass is 293 g/mol. The summed E-state index contributed by atoms with van der Waals surface area (Å²) in [5, 5.41) is 14.0.